The number of hydrogen-bond acceptors (Lipinski definition) is 3. The highest BCUT2D eigenvalue weighted by atomic mass is 32.2. The average Bonchev–Trinajstić information content (AvgIpc) is 2.36. The molecule has 0 aliphatic rings. The molecule has 0 spiro atoms. The summed E-state index contributed by atoms with van der Waals surface area (Å²) in [7, 11) is -3.66. The molecule has 0 atom stereocenters. The van der Waals surface area contributed by atoms with E-state index in [1.165, 1.54) is 6.07 Å². The van der Waals surface area contributed by atoms with Gasteiger partial charge in [0.1, 0.15) is 0 Å². The van der Waals surface area contributed by atoms with Gasteiger partial charge in [0.15, 0.2) is 11.6 Å². The fraction of sp³-hybridized carbons (Fsp3) is 0.417. The van der Waals surface area contributed by atoms with Crippen LogP contribution in [0.4, 0.5) is 14.5 Å². The Morgan fingerprint density at radius 3 is 2.45 bits per heavy atom. The van der Waals surface area contributed by atoms with Gasteiger partial charge < -0.3 is 5.32 Å². The minimum atomic E-state index is -3.66. The number of sulfonamides is 1. The normalized spacial score (nSPS) is 11.2. The SMILES string of the molecule is CCC(=O)NCCN(c1ccc(F)c(F)c1)S(C)(=O)=O. The minimum Gasteiger partial charge on any atom is -0.354 e. The van der Waals surface area contributed by atoms with Gasteiger partial charge in [0, 0.05) is 19.0 Å². The summed E-state index contributed by atoms with van der Waals surface area (Å²) >= 11 is 0. The molecular formula is C12H16F2N2O3S. The van der Waals surface area contributed by atoms with E-state index in [1.807, 2.05) is 0 Å². The highest BCUT2D eigenvalue weighted by molar-refractivity contribution is 7.92. The fourth-order valence-electron chi connectivity index (χ4n) is 1.55. The van der Waals surface area contributed by atoms with Gasteiger partial charge in [-0.1, -0.05) is 6.92 Å². The standard InChI is InChI=1S/C12H16F2N2O3S/c1-3-12(17)15-6-7-16(20(2,18)19)9-4-5-10(13)11(14)8-9/h4-5,8H,3,6-7H2,1-2H3,(H,15,17). The van der Waals surface area contributed by atoms with E-state index in [0.29, 0.717) is 0 Å². The minimum absolute atomic E-state index is 0.0112. The Morgan fingerprint density at radius 2 is 1.95 bits per heavy atom. The first kappa shape index (κ1) is 16.4. The molecule has 8 heteroatoms. The van der Waals surface area contributed by atoms with Crippen molar-refractivity contribution in [3.63, 3.8) is 0 Å². The third-order valence-corrected chi connectivity index (χ3v) is 3.74. The molecular weight excluding hydrogens is 290 g/mol. The second kappa shape index (κ2) is 6.65. The maximum atomic E-state index is 13.2. The maximum absolute atomic E-state index is 13.2. The van der Waals surface area contributed by atoms with Crippen LogP contribution < -0.4 is 9.62 Å². The van der Waals surface area contributed by atoms with Crippen molar-refractivity contribution in [2.24, 2.45) is 0 Å². The average molecular weight is 306 g/mol. The molecule has 1 aromatic rings. The topological polar surface area (TPSA) is 66.5 Å². The second-order valence-corrected chi connectivity index (χ2v) is 6.04. The molecule has 0 radical (unpaired) electrons. The lowest BCUT2D eigenvalue weighted by Gasteiger charge is -2.22. The van der Waals surface area contributed by atoms with E-state index in [1.54, 1.807) is 6.92 Å². The summed E-state index contributed by atoms with van der Waals surface area (Å²) in [6.07, 6.45) is 1.24. The van der Waals surface area contributed by atoms with Gasteiger partial charge in [-0.2, -0.15) is 0 Å². The van der Waals surface area contributed by atoms with E-state index >= 15 is 0 Å². The first-order valence-electron chi connectivity index (χ1n) is 5.95. The fourth-order valence-corrected chi connectivity index (χ4v) is 2.47. The van der Waals surface area contributed by atoms with Crippen LogP contribution in [0.25, 0.3) is 0 Å². The van der Waals surface area contributed by atoms with Gasteiger partial charge >= 0.3 is 0 Å². The number of halogens is 2. The molecule has 0 unspecified atom stereocenters. The molecule has 20 heavy (non-hydrogen) atoms. The number of benzene rings is 1. The number of carbonyl (C=O) groups is 1. The lowest BCUT2D eigenvalue weighted by atomic mass is 10.3. The molecule has 0 aromatic heterocycles. The Balaban J connectivity index is 2.90. The smallest absolute Gasteiger partial charge is 0.232 e. The van der Waals surface area contributed by atoms with Crippen LogP contribution in [0, 0.1) is 11.6 Å². The van der Waals surface area contributed by atoms with E-state index < -0.39 is 21.7 Å². The van der Waals surface area contributed by atoms with Crippen molar-refractivity contribution in [2.75, 3.05) is 23.7 Å². The highest BCUT2D eigenvalue weighted by Crippen LogP contribution is 2.20. The van der Waals surface area contributed by atoms with Crippen molar-refractivity contribution < 1.29 is 22.0 Å². The monoisotopic (exact) mass is 306 g/mol. The third-order valence-electron chi connectivity index (χ3n) is 2.55. The molecule has 0 heterocycles. The largest absolute Gasteiger partial charge is 0.354 e. The van der Waals surface area contributed by atoms with Gasteiger partial charge in [-0.05, 0) is 12.1 Å². The Bertz CT molecular complexity index is 590. The Hall–Kier alpha value is -1.70. The van der Waals surface area contributed by atoms with Crippen LogP contribution in [0.2, 0.25) is 0 Å². The van der Waals surface area contributed by atoms with Crippen molar-refractivity contribution in [3.05, 3.63) is 29.8 Å². The van der Waals surface area contributed by atoms with Gasteiger partial charge in [0.2, 0.25) is 15.9 Å². The quantitative estimate of drug-likeness (QED) is 0.860. The summed E-state index contributed by atoms with van der Waals surface area (Å²) in [6, 6.07) is 2.83. The predicted octanol–water partition coefficient (Wildman–Crippen LogP) is 1.26. The highest BCUT2D eigenvalue weighted by Gasteiger charge is 2.18. The molecule has 0 aliphatic heterocycles. The summed E-state index contributed by atoms with van der Waals surface area (Å²) in [5, 5.41) is 2.52. The van der Waals surface area contributed by atoms with Crippen LogP contribution in [-0.2, 0) is 14.8 Å². The Kier molecular flexibility index (Phi) is 5.43. The van der Waals surface area contributed by atoms with Crippen LogP contribution in [-0.4, -0.2) is 33.7 Å². The van der Waals surface area contributed by atoms with E-state index in [0.717, 1.165) is 22.7 Å². The molecule has 0 saturated carbocycles. The second-order valence-electron chi connectivity index (χ2n) is 4.14. The van der Waals surface area contributed by atoms with Crippen LogP contribution in [0.3, 0.4) is 0 Å². The van der Waals surface area contributed by atoms with Crippen molar-refractivity contribution in [1.82, 2.24) is 5.32 Å². The van der Waals surface area contributed by atoms with Crippen LogP contribution in [0.5, 0.6) is 0 Å². The number of hydrogen-bond donors (Lipinski definition) is 1. The lowest BCUT2D eigenvalue weighted by molar-refractivity contribution is -0.120. The summed E-state index contributed by atoms with van der Waals surface area (Å²) in [5.41, 5.74) is 0.0112. The van der Waals surface area contributed by atoms with Gasteiger partial charge in [-0.25, -0.2) is 17.2 Å². The van der Waals surface area contributed by atoms with Crippen LogP contribution in [0.15, 0.2) is 18.2 Å². The zero-order chi connectivity index (χ0) is 15.3. The molecule has 1 N–H and O–H groups in total. The van der Waals surface area contributed by atoms with E-state index in [4.69, 9.17) is 0 Å². The maximum Gasteiger partial charge on any atom is 0.232 e. The molecule has 0 bridgehead atoms. The lowest BCUT2D eigenvalue weighted by Crippen LogP contribution is -2.38. The van der Waals surface area contributed by atoms with Crippen LogP contribution in [0.1, 0.15) is 13.3 Å². The van der Waals surface area contributed by atoms with Gasteiger partial charge in [0.25, 0.3) is 0 Å². The summed E-state index contributed by atoms with van der Waals surface area (Å²) in [4.78, 5) is 11.1. The summed E-state index contributed by atoms with van der Waals surface area (Å²) in [5.74, 6) is -2.40. The van der Waals surface area contributed by atoms with Crippen LogP contribution >= 0.6 is 0 Å². The summed E-state index contributed by atoms with van der Waals surface area (Å²) in [6.45, 7) is 1.69. The summed E-state index contributed by atoms with van der Waals surface area (Å²) < 4.78 is 50.3. The van der Waals surface area contributed by atoms with Crippen molar-refractivity contribution >= 4 is 21.6 Å². The number of nitrogens with one attached hydrogen (secondary N) is 1. The molecule has 1 amide bonds. The number of carbonyl (C=O) groups excluding carboxylic acids is 1. The number of anilines is 1. The predicted molar refractivity (Wildman–Crippen MR) is 71.8 cm³/mol. The number of rotatable bonds is 6. The van der Waals surface area contributed by atoms with E-state index in [2.05, 4.69) is 5.32 Å². The first-order chi connectivity index (χ1) is 9.25. The van der Waals surface area contributed by atoms with Gasteiger partial charge in [-0.15, -0.1) is 0 Å². The first-order valence-corrected chi connectivity index (χ1v) is 7.80. The Morgan fingerprint density at radius 1 is 1.30 bits per heavy atom. The molecule has 112 valence electrons. The van der Waals surface area contributed by atoms with Crippen molar-refractivity contribution in [3.8, 4) is 0 Å². The Labute approximate surface area is 116 Å². The number of nitrogens with zero attached hydrogens (tertiary/aromatic N) is 1. The number of amides is 1. The molecule has 5 nitrogen and oxygen atoms in total. The zero-order valence-corrected chi connectivity index (χ0v) is 12.0. The van der Waals surface area contributed by atoms with Crippen molar-refractivity contribution in [1.29, 1.82) is 0 Å². The molecule has 0 saturated heterocycles. The van der Waals surface area contributed by atoms with Gasteiger partial charge in [0.05, 0.1) is 18.5 Å². The molecule has 0 fully saturated rings. The van der Waals surface area contributed by atoms with Crippen molar-refractivity contribution in [2.45, 2.75) is 13.3 Å². The van der Waals surface area contributed by atoms with E-state index in [9.17, 15) is 22.0 Å². The molecule has 1 aromatic carbocycles. The molecule has 0 aliphatic carbocycles. The molecule has 1 rings (SSSR count). The van der Waals surface area contributed by atoms with Gasteiger partial charge in [-0.3, -0.25) is 9.10 Å². The van der Waals surface area contributed by atoms with E-state index in [-0.39, 0.29) is 31.1 Å². The zero-order valence-electron chi connectivity index (χ0n) is 11.2. The third kappa shape index (κ3) is 4.44.